The number of aromatic nitrogens is 3. The first-order valence-electron chi connectivity index (χ1n) is 9.70. The van der Waals surface area contributed by atoms with Crippen molar-refractivity contribution in [3.63, 3.8) is 0 Å². The van der Waals surface area contributed by atoms with E-state index in [2.05, 4.69) is 26.3 Å². The summed E-state index contributed by atoms with van der Waals surface area (Å²) in [6.07, 6.45) is -4.05. The Bertz CT molecular complexity index is 1190. The van der Waals surface area contributed by atoms with Crippen LogP contribution in [0, 0.1) is 22.6 Å². The van der Waals surface area contributed by atoms with E-state index >= 15 is 0 Å². The predicted molar refractivity (Wildman–Crippen MR) is 106 cm³/mol. The molecule has 0 radical (unpaired) electrons. The second-order valence-electron chi connectivity index (χ2n) is 8.13. The number of hydrogen-bond acceptors (Lipinski definition) is 6. The number of nitrogens with zero attached hydrogens (tertiary/aromatic N) is 3. The Morgan fingerprint density at radius 3 is 2.78 bits per heavy atom. The molecule has 3 aromatic rings. The average molecular weight is 449 g/mol. The Morgan fingerprint density at radius 2 is 2.06 bits per heavy atom. The van der Waals surface area contributed by atoms with Crippen LogP contribution in [0.2, 0.25) is 0 Å². The van der Waals surface area contributed by atoms with Crippen molar-refractivity contribution in [3.8, 4) is 11.8 Å². The van der Waals surface area contributed by atoms with Gasteiger partial charge in [-0.3, -0.25) is 0 Å². The SMILES string of the molecule is CC(C)(C#N)COC1COc2cc(F)ccc2C1Nc1ncnc2[nH]c(C(F)(F)F)cc12. The molecule has 1 aromatic carbocycles. The molecule has 2 atom stereocenters. The first kappa shape index (κ1) is 21.8. The highest BCUT2D eigenvalue weighted by Gasteiger charge is 2.36. The molecule has 0 aliphatic carbocycles. The van der Waals surface area contributed by atoms with Gasteiger partial charge in [-0.15, -0.1) is 0 Å². The van der Waals surface area contributed by atoms with E-state index in [-0.39, 0.29) is 35.8 Å². The van der Waals surface area contributed by atoms with Crippen LogP contribution in [0.25, 0.3) is 11.0 Å². The van der Waals surface area contributed by atoms with Crippen molar-refractivity contribution in [2.75, 3.05) is 18.5 Å². The molecule has 168 valence electrons. The largest absolute Gasteiger partial charge is 0.490 e. The summed E-state index contributed by atoms with van der Waals surface area (Å²) in [6, 6.07) is 6.45. The minimum atomic E-state index is -4.57. The topological polar surface area (TPSA) is 95.8 Å². The van der Waals surface area contributed by atoms with Gasteiger partial charge in [0, 0.05) is 11.6 Å². The summed E-state index contributed by atoms with van der Waals surface area (Å²) in [5.41, 5.74) is -1.15. The summed E-state index contributed by atoms with van der Waals surface area (Å²) in [7, 11) is 0. The molecule has 2 N–H and O–H groups in total. The number of ether oxygens (including phenoxy) is 2. The number of halogens is 4. The van der Waals surface area contributed by atoms with Gasteiger partial charge in [0.1, 0.15) is 47.8 Å². The third kappa shape index (κ3) is 4.31. The van der Waals surface area contributed by atoms with Crippen molar-refractivity contribution >= 4 is 16.9 Å². The maximum Gasteiger partial charge on any atom is 0.431 e. The molecule has 2 unspecified atom stereocenters. The molecule has 0 bridgehead atoms. The molecule has 1 aliphatic heterocycles. The van der Waals surface area contributed by atoms with Gasteiger partial charge in [0.15, 0.2) is 0 Å². The molecule has 11 heteroatoms. The van der Waals surface area contributed by atoms with Crippen molar-refractivity contribution in [3.05, 3.63) is 47.7 Å². The molecule has 1 aliphatic rings. The fraction of sp³-hybridized carbons (Fsp3) is 0.381. The fourth-order valence-corrected chi connectivity index (χ4v) is 3.38. The second-order valence-corrected chi connectivity index (χ2v) is 8.13. The van der Waals surface area contributed by atoms with E-state index in [0.717, 1.165) is 12.4 Å². The van der Waals surface area contributed by atoms with Crippen LogP contribution in [0.4, 0.5) is 23.4 Å². The van der Waals surface area contributed by atoms with Gasteiger partial charge in [-0.05, 0) is 26.0 Å². The van der Waals surface area contributed by atoms with Crippen molar-refractivity contribution in [1.82, 2.24) is 15.0 Å². The average Bonchev–Trinajstić information content (AvgIpc) is 3.19. The van der Waals surface area contributed by atoms with Crippen LogP contribution < -0.4 is 10.1 Å². The van der Waals surface area contributed by atoms with E-state index in [4.69, 9.17) is 9.47 Å². The van der Waals surface area contributed by atoms with Gasteiger partial charge in [-0.1, -0.05) is 6.07 Å². The first-order valence-corrected chi connectivity index (χ1v) is 9.70. The first-order chi connectivity index (χ1) is 15.1. The van der Waals surface area contributed by atoms with Crippen LogP contribution in [0.1, 0.15) is 31.1 Å². The zero-order valence-corrected chi connectivity index (χ0v) is 17.1. The maximum absolute atomic E-state index is 13.7. The summed E-state index contributed by atoms with van der Waals surface area (Å²) < 4.78 is 64.8. The summed E-state index contributed by atoms with van der Waals surface area (Å²) in [5, 5.41) is 12.5. The number of anilines is 1. The number of H-pyrrole nitrogens is 1. The zero-order chi connectivity index (χ0) is 23.1. The normalized spacial score (nSPS) is 18.7. The van der Waals surface area contributed by atoms with Crippen LogP contribution in [-0.2, 0) is 10.9 Å². The van der Waals surface area contributed by atoms with Gasteiger partial charge < -0.3 is 19.8 Å². The van der Waals surface area contributed by atoms with Crippen LogP contribution in [0.15, 0.2) is 30.6 Å². The zero-order valence-electron chi connectivity index (χ0n) is 17.1. The van der Waals surface area contributed by atoms with Gasteiger partial charge in [0.2, 0.25) is 0 Å². The number of fused-ring (bicyclic) bond motifs is 2. The lowest BCUT2D eigenvalue weighted by Gasteiger charge is -2.35. The van der Waals surface area contributed by atoms with Crippen LogP contribution in [0.3, 0.4) is 0 Å². The second kappa shape index (κ2) is 7.94. The van der Waals surface area contributed by atoms with E-state index in [1.54, 1.807) is 13.8 Å². The summed E-state index contributed by atoms with van der Waals surface area (Å²) in [5.74, 6) is -0.0494. The molecule has 4 rings (SSSR count). The summed E-state index contributed by atoms with van der Waals surface area (Å²) in [4.78, 5) is 10.2. The molecule has 3 heterocycles. The molecular formula is C21H19F4N5O2. The molecule has 32 heavy (non-hydrogen) atoms. The van der Waals surface area contributed by atoms with Gasteiger partial charge in [-0.25, -0.2) is 14.4 Å². The smallest absolute Gasteiger partial charge is 0.431 e. The Kier molecular flexibility index (Phi) is 5.42. The number of nitrogens with one attached hydrogen (secondary N) is 2. The lowest BCUT2D eigenvalue weighted by atomic mass is 9.95. The lowest BCUT2D eigenvalue weighted by Crippen LogP contribution is -2.39. The Balaban J connectivity index is 1.71. The third-order valence-corrected chi connectivity index (χ3v) is 5.07. The highest BCUT2D eigenvalue weighted by Crippen LogP contribution is 2.38. The molecule has 0 amide bonds. The number of aromatic amines is 1. The van der Waals surface area contributed by atoms with Crippen LogP contribution in [-0.4, -0.2) is 34.3 Å². The van der Waals surface area contributed by atoms with Crippen LogP contribution in [0.5, 0.6) is 5.75 Å². The molecule has 0 spiro atoms. The highest BCUT2D eigenvalue weighted by molar-refractivity contribution is 5.88. The lowest BCUT2D eigenvalue weighted by molar-refractivity contribution is -0.140. The Hall–Kier alpha value is -3.39. The van der Waals surface area contributed by atoms with Gasteiger partial charge >= 0.3 is 6.18 Å². The van der Waals surface area contributed by atoms with E-state index in [1.165, 1.54) is 18.2 Å². The molecule has 0 saturated carbocycles. The summed E-state index contributed by atoms with van der Waals surface area (Å²) >= 11 is 0. The van der Waals surface area contributed by atoms with Crippen molar-refractivity contribution in [1.29, 1.82) is 5.26 Å². The van der Waals surface area contributed by atoms with Crippen molar-refractivity contribution in [2.45, 2.75) is 32.2 Å². The van der Waals surface area contributed by atoms with Crippen molar-refractivity contribution < 1.29 is 27.0 Å². The Morgan fingerprint density at radius 1 is 1.28 bits per heavy atom. The monoisotopic (exact) mass is 449 g/mol. The minimum Gasteiger partial charge on any atom is -0.490 e. The van der Waals surface area contributed by atoms with Gasteiger partial charge in [-0.2, -0.15) is 18.4 Å². The Labute approximate surface area is 180 Å². The number of rotatable bonds is 5. The quantitative estimate of drug-likeness (QED) is 0.553. The maximum atomic E-state index is 13.7. The van der Waals surface area contributed by atoms with Gasteiger partial charge in [0.05, 0.1) is 29.5 Å². The van der Waals surface area contributed by atoms with Crippen molar-refractivity contribution in [2.24, 2.45) is 5.41 Å². The molecule has 0 saturated heterocycles. The van der Waals surface area contributed by atoms with E-state index in [0.29, 0.717) is 5.56 Å². The number of benzene rings is 1. The van der Waals surface area contributed by atoms with E-state index in [9.17, 15) is 22.8 Å². The van der Waals surface area contributed by atoms with Crippen LogP contribution >= 0.6 is 0 Å². The molecule has 2 aromatic heterocycles. The predicted octanol–water partition coefficient (Wildman–Crippen LogP) is 4.60. The summed E-state index contributed by atoms with van der Waals surface area (Å²) in [6.45, 7) is 3.57. The van der Waals surface area contributed by atoms with Gasteiger partial charge in [0.25, 0.3) is 0 Å². The molecule has 0 fully saturated rings. The molecular weight excluding hydrogens is 430 g/mol. The van der Waals surface area contributed by atoms with E-state index < -0.39 is 35.2 Å². The fourth-order valence-electron chi connectivity index (χ4n) is 3.38. The number of nitriles is 1. The van der Waals surface area contributed by atoms with E-state index in [1.807, 2.05) is 0 Å². The third-order valence-electron chi connectivity index (χ3n) is 5.07. The molecule has 7 nitrogen and oxygen atoms in total. The number of alkyl halides is 3. The minimum absolute atomic E-state index is 0.0179. The number of hydrogen-bond donors (Lipinski definition) is 2. The highest BCUT2D eigenvalue weighted by atomic mass is 19.4. The standard InChI is InChI=1S/C21H19F4N5O2/c1-20(2,8-26)9-32-15-7-31-14-5-11(22)3-4-12(14)17(15)30-19-13-6-16(21(23,24)25)29-18(13)27-10-28-19/h3-6,10,15,17H,7,9H2,1-2H3,(H2,27,28,29,30).